The second-order valence-corrected chi connectivity index (χ2v) is 3.86. The van der Waals surface area contributed by atoms with Crippen molar-refractivity contribution in [3.05, 3.63) is 28.8 Å². The number of aryl methyl sites for hydroxylation is 1. The molecular weight excluding hydrogens is 194 g/mol. The predicted molar refractivity (Wildman–Crippen MR) is 57.2 cm³/mol. The van der Waals surface area contributed by atoms with Gasteiger partial charge in [-0.2, -0.15) is 0 Å². The first kappa shape index (κ1) is 11.5. The lowest BCUT2D eigenvalue weighted by atomic mass is 10.0. The van der Waals surface area contributed by atoms with E-state index in [0.29, 0.717) is 12.1 Å². The van der Waals surface area contributed by atoms with Crippen LogP contribution in [0.3, 0.4) is 0 Å². The topological polar surface area (TPSA) is 60.8 Å². The zero-order valence-electron chi connectivity index (χ0n) is 9.11. The number of aromatic hydroxyl groups is 1. The molecule has 0 aromatic heterocycles. The number of phenols is 1. The molecule has 0 amide bonds. The largest absolute Gasteiger partial charge is 0.507 e. The summed E-state index contributed by atoms with van der Waals surface area (Å²) < 4.78 is 0. The Morgan fingerprint density at radius 1 is 1.40 bits per heavy atom. The minimum Gasteiger partial charge on any atom is -0.507 e. The SMILES string of the molecule is Cc1cc(CN(C)C)c(O)c(C(=O)O)c1. The first-order valence-electron chi connectivity index (χ1n) is 4.62. The minimum absolute atomic E-state index is 0.0353. The van der Waals surface area contributed by atoms with Crippen LogP contribution in [0.1, 0.15) is 21.5 Å². The highest BCUT2D eigenvalue weighted by molar-refractivity contribution is 5.91. The van der Waals surface area contributed by atoms with Gasteiger partial charge in [-0.3, -0.25) is 0 Å². The Balaban J connectivity index is 3.22. The van der Waals surface area contributed by atoms with Crippen molar-refractivity contribution in [2.24, 2.45) is 0 Å². The van der Waals surface area contributed by atoms with Crippen LogP contribution in [0.2, 0.25) is 0 Å². The summed E-state index contributed by atoms with van der Waals surface area (Å²) in [5.74, 6) is -1.24. The highest BCUT2D eigenvalue weighted by Crippen LogP contribution is 2.25. The number of rotatable bonds is 3. The Morgan fingerprint density at radius 3 is 2.47 bits per heavy atom. The van der Waals surface area contributed by atoms with Crippen molar-refractivity contribution in [3.8, 4) is 5.75 Å². The summed E-state index contributed by atoms with van der Waals surface area (Å²) in [7, 11) is 3.73. The molecule has 0 spiro atoms. The number of carboxylic acids is 1. The second kappa shape index (κ2) is 4.31. The number of aromatic carboxylic acids is 1. The lowest BCUT2D eigenvalue weighted by Crippen LogP contribution is -2.12. The van der Waals surface area contributed by atoms with Crippen LogP contribution >= 0.6 is 0 Å². The van der Waals surface area contributed by atoms with Gasteiger partial charge in [-0.05, 0) is 32.6 Å². The number of hydrogen-bond acceptors (Lipinski definition) is 3. The molecule has 0 heterocycles. The smallest absolute Gasteiger partial charge is 0.339 e. The van der Waals surface area contributed by atoms with Crippen molar-refractivity contribution in [1.82, 2.24) is 4.90 Å². The normalized spacial score (nSPS) is 10.7. The molecule has 4 heteroatoms. The Hall–Kier alpha value is -1.55. The van der Waals surface area contributed by atoms with E-state index in [1.165, 1.54) is 6.07 Å². The summed E-state index contributed by atoms with van der Waals surface area (Å²) >= 11 is 0. The van der Waals surface area contributed by atoms with Crippen LogP contribution in [0.15, 0.2) is 12.1 Å². The average Bonchev–Trinajstić information content (AvgIpc) is 2.09. The maximum Gasteiger partial charge on any atom is 0.339 e. The number of carboxylic acid groups (broad SMARTS) is 1. The molecule has 1 aromatic rings. The van der Waals surface area contributed by atoms with Gasteiger partial charge in [-0.15, -0.1) is 0 Å². The molecule has 0 aliphatic rings. The summed E-state index contributed by atoms with van der Waals surface area (Å²) in [6.07, 6.45) is 0. The lowest BCUT2D eigenvalue weighted by Gasteiger charge is -2.13. The molecule has 4 nitrogen and oxygen atoms in total. The van der Waals surface area contributed by atoms with E-state index in [1.807, 2.05) is 25.9 Å². The highest BCUT2D eigenvalue weighted by atomic mass is 16.4. The summed E-state index contributed by atoms with van der Waals surface area (Å²) in [4.78, 5) is 12.7. The fourth-order valence-electron chi connectivity index (χ4n) is 1.48. The Morgan fingerprint density at radius 2 is 2.00 bits per heavy atom. The molecule has 0 aliphatic carbocycles. The van der Waals surface area contributed by atoms with Gasteiger partial charge in [0.05, 0.1) is 0 Å². The molecule has 0 bridgehead atoms. The Kier molecular flexibility index (Phi) is 3.31. The van der Waals surface area contributed by atoms with E-state index < -0.39 is 5.97 Å². The van der Waals surface area contributed by atoms with Gasteiger partial charge in [-0.25, -0.2) is 4.79 Å². The maximum atomic E-state index is 10.8. The molecule has 0 saturated heterocycles. The summed E-state index contributed by atoms with van der Waals surface area (Å²) in [6.45, 7) is 2.33. The van der Waals surface area contributed by atoms with E-state index in [0.717, 1.165) is 5.56 Å². The summed E-state index contributed by atoms with van der Waals surface area (Å²) in [6, 6.07) is 3.26. The van der Waals surface area contributed by atoms with Crippen LogP contribution in [0, 0.1) is 6.92 Å². The monoisotopic (exact) mass is 209 g/mol. The number of benzene rings is 1. The zero-order chi connectivity index (χ0) is 11.6. The van der Waals surface area contributed by atoms with E-state index in [1.54, 1.807) is 6.07 Å². The molecule has 0 atom stereocenters. The molecular formula is C11H15NO3. The first-order valence-corrected chi connectivity index (χ1v) is 4.62. The molecule has 0 fully saturated rings. The Bertz CT molecular complexity index is 386. The van der Waals surface area contributed by atoms with Gasteiger partial charge in [0.15, 0.2) is 0 Å². The molecule has 1 rings (SSSR count). The molecule has 15 heavy (non-hydrogen) atoms. The van der Waals surface area contributed by atoms with Crippen molar-refractivity contribution in [2.75, 3.05) is 14.1 Å². The van der Waals surface area contributed by atoms with E-state index in [-0.39, 0.29) is 11.3 Å². The van der Waals surface area contributed by atoms with Gasteiger partial charge in [0.1, 0.15) is 11.3 Å². The van der Waals surface area contributed by atoms with E-state index >= 15 is 0 Å². The molecule has 0 unspecified atom stereocenters. The van der Waals surface area contributed by atoms with Crippen molar-refractivity contribution in [1.29, 1.82) is 0 Å². The van der Waals surface area contributed by atoms with Crippen molar-refractivity contribution >= 4 is 5.97 Å². The Labute approximate surface area is 88.8 Å². The van der Waals surface area contributed by atoms with Crippen LogP contribution < -0.4 is 0 Å². The summed E-state index contributed by atoms with van der Waals surface area (Å²) in [5, 5.41) is 18.6. The summed E-state index contributed by atoms with van der Waals surface area (Å²) in [5.41, 5.74) is 1.44. The maximum absolute atomic E-state index is 10.8. The van der Waals surface area contributed by atoms with Crippen LogP contribution in [0.25, 0.3) is 0 Å². The van der Waals surface area contributed by atoms with Crippen LogP contribution in [-0.4, -0.2) is 35.2 Å². The molecule has 0 radical (unpaired) electrons. The van der Waals surface area contributed by atoms with E-state index in [9.17, 15) is 9.90 Å². The van der Waals surface area contributed by atoms with Gasteiger partial charge in [-0.1, -0.05) is 6.07 Å². The van der Waals surface area contributed by atoms with Crippen LogP contribution in [-0.2, 0) is 6.54 Å². The zero-order valence-corrected chi connectivity index (χ0v) is 9.11. The fourth-order valence-corrected chi connectivity index (χ4v) is 1.48. The van der Waals surface area contributed by atoms with Crippen molar-refractivity contribution in [3.63, 3.8) is 0 Å². The third-order valence-electron chi connectivity index (χ3n) is 2.05. The van der Waals surface area contributed by atoms with Gasteiger partial charge in [0.25, 0.3) is 0 Å². The quantitative estimate of drug-likeness (QED) is 0.791. The first-order chi connectivity index (χ1) is 6.91. The van der Waals surface area contributed by atoms with E-state index in [4.69, 9.17) is 5.11 Å². The molecule has 1 aromatic carbocycles. The van der Waals surface area contributed by atoms with Gasteiger partial charge < -0.3 is 15.1 Å². The standard InChI is InChI=1S/C11H15NO3/c1-7-4-8(6-12(2)3)10(13)9(5-7)11(14)15/h4-5,13H,6H2,1-3H3,(H,14,15). The lowest BCUT2D eigenvalue weighted by molar-refractivity contribution is 0.0693. The van der Waals surface area contributed by atoms with Gasteiger partial charge in [0.2, 0.25) is 0 Å². The van der Waals surface area contributed by atoms with Crippen molar-refractivity contribution in [2.45, 2.75) is 13.5 Å². The number of carbonyl (C=O) groups is 1. The van der Waals surface area contributed by atoms with Gasteiger partial charge in [0, 0.05) is 12.1 Å². The van der Waals surface area contributed by atoms with Crippen LogP contribution in [0.5, 0.6) is 5.75 Å². The van der Waals surface area contributed by atoms with Crippen LogP contribution in [0.4, 0.5) is 0 Å². The third-order valence-corrected chi connectivity index (χ3v) is 2.05. The minimum atomic E-state index is -1.10. The van der Waals surface area contributed by atoms with E-state index in [2.05, 4.69) is 0 Å². The fraction of sp³-hybridized carbons (Fsp3) is 0.364. The predicted octanol–water partition coefficient (Wildman–Crippen LogP) is 1.46. The van der Waals surface area contributed by atoms with Crippen molar-refractivity contribution < 1.29 is 15.0 Å². The highest BCUT2D eigenvalue weighted by Gasteiger charge is 2.14. The average molecular weight is 209 g/mol. The van der Waals surface area contributed by atoms with Gasteiger partial charge >= 0.3 is 5.97 Å². The molecule has 2 N–H and O–H groups in total. The molecule has 0 saturated carbocycles. The molecule has 82 valence electrons. The molecule has 0 aliphatic heterocycles. The number of nitrogens with zero attached hydrogens (tertiary/aromatic N) is 1. The second-order valence-electron chi connectivity index (χ2n) is 3.86. The third kappa shape index (κ3) is 2.70. The number of hydrogen-bond donors (Lipinski definition) is 2.